The molecule has 0 aromatic rings. The second-order valence-corrected chi connectivity index (χ2v) is 5.64. The average Bonchev–Trinajstić information content (AvgIpc) is 2.36. The number of urea groups is 1. The fraction of sp³-hybridized carbons (Fsp3) is 0.857. The second kappa shape index (κ2) is 7.36. The molecule has 2 N–H and O–H groups in total. The molecule has 110 valence electrons. The van der Waals surface area contributed by atoms with Crippen molar-refractivity contribution in [3.8, 4) is 0 Å². The highest BCUT2D eigenvalue weighted by Gasteiger charge is 2.26. The monoisotopic (exact) mass is 270 g/mol. The van der Waals surface area contributed by atoms with Crippen LogP contribution in [0.4, 0.5) is 4.79 Å². The number of hydrogen-bond acceptors (Lipinski definition) is 2. The lowest BCUT2D eigenvalue weighted by atomic mass is 9.84. The maximum absolute atomic E-state index is 12.0. The predicted molar refractivity (Wildman–Crippen MR) is 74.0 cm³/mol. The summed E-state index contributed by atoms with van der Waals surface area (Å²) in [6.07, 6.45) is 5.65. The van der Waals surface area contributed by atoms with Crippen LogP contribution in [0, 0.1) is 5.92 Å². The first-order chi connectivity index (χ1) is 8.93. The van der Waals surface area contributed by atoms with E-state index in [0.717, 1.165) is 18.8 Å². The number of amides is 2. The SMILES string of the molecule is CCC1CCC(N(C)C(=O)NC(C)CC(=O)O)CC1. The third-order valence-electron chi connectivity index (χ3n) is 4.11. The Hall–Kier alpha value is -1.26. The maximum Gasteiger partial charge on any atom is 0.317 e. The number of carboxylic acids is 1. The molecule has 2 amide bonds. The van der Waals surface area contributed by atoms with E-state index >= 15 is 0 Å². The topological polar surface area (TPSA) is 69.6 Å². The molecule has 0 spiro atoms. The molecular weight excluding hydrogens is 244 g/mol. The summed E-state index contributed by atoms with van der Waals surface area (Å²) in [7, 11) is 1.81. The molecule has 5 nitrogen and oxygen atoms in total. The Morgan fingerprint density at radius 3 is 2.37 bits per heavy atom. The van der Waals surface area contributed by atoms with Crippen LogP contribution >= 0.6 is 0 Å². The van der Waals surface area contributed by atoms with Crippen molar-refractivity contribution in [2.24, 2.45) is 5.92 Å². The van der Waals surface area contributed by atoms with Gasteiger partial charge in [0.05, 0.1) is 6.42 Å². The third kappa shape index (κ3) is 5.09. The number of carbonyl (C=O) groups is 2. The summed E-state index contributed by atoms with van der Waals surface area (Å²) in [5.74, 6) is -0.0856. The number of rotatable bonds is 5. The van der Waals surface area contributed by atoms with Crippen molar-refractivity contribution in [2.45, 2.75) is 64.5 Å². The summed E-state index contributed by atoms with van der Waals surface area (Å²) in [6.45, 7) is 3.93. The molecule has 0 heterocycles. The fourth-order valence-corrected chi connectivity index (χ4v) is 2.73. The smallest absolute Gasteiger partial charge is 0.317 e. The zero-order valence-electron chi connectivity index (χ0n) is 12.2. The lowest BCUT2D eigenvalue weighted by Crippen LogP contribution is -2.48. The van der Waals surface area contributed by atoms with Crippen molar-refractivity contribution in [3.05, 3.63) is 0 Å². The first kappa shape index (κ1) is 15.8. The van der Waals surface area contributed by atoms with Gasteiger partial charge in [0.2, 0.25) is 0 Å². The molecular formula is C14H26N2O3. The van der Waals surface area contributed by atoms with E-state index in [1.165, 1.54) is 19.3 Å². The summed E-state index contributed by atoms with van der Waals surface area (Å²) in [5, 5.41) is 11.4. The standard InChI is InChI=1S/C14H26N2O3/c1-4-11-5-7-12(8-6-11)16(3)14(19)15-10(2)9-13(17)18/h10-12H,4-9H2,1-3H3,(H,15,19)(H,17,18). The Balaban J connectivity index is 2.38. The van der Waals surface area contributed by atoms with Gasteiger partial charge in [-0.15, -0.1) is 0 Å². The normalized spacial score (nSPS) is 24.6. The number of hydrogen-bond donors (Lipinski definition) is 2. The molecule has 1 aliphatic rings. The number of nitrogens with zero attached hydrogens (tertiary/aromatic N) is 1. The minimum Gasteiger partial charge on any atom is -0.481 e. The van der Waals surface area contributed by atoms with Crippen LogP contribution in [0.3, 0.4) is 0 Å². The fourth-order valence-electron chi connectivity index (χ4n) is 2.73. The minimum atomic E-state index is -0.890. The Morgan fingerprint density at radius 1 is 1.32 bits per heavy atom. The maximum atomic E-state index is 12.0. The van der Waals surface area contributed by atoms with Gasteiger partial charge in [-0.1, -0.05) is 13.3 Å². The number of nitrogens with one attached hydrogen (secondary N) is 1. The van der Waals surface area contributed by atoms with Crippen LogP contribution in [0.25, 0.3) is 0 Å². The Bertz CT molecular complexity index is 312. The van der Waals surface area contributed by atoms with E-state index in [9.17, 15) is 9.59 Å². The third-order valence-corrected chi connectivity index (χ3v) is 4.11. The van der Waals surface area contributed by atoms with E-state index in [1.54, 1.807) is 18.9 Å². The van der Waals surface area contributed by atoms with Gasteiger partial charge in [-0.25, -0.2) is 4.79 Å². The van der Waals surface area contributed by atoms with Crippen molar-refractivity contribution in [3.63, 3.8) is 0 Å². The Morgan fingerprint density at radius 2 is 1.89 bits per heavy atom. The zero-order chi connectivity index (χ0) is 14.4. The van der Waals surface area contributed by atoms with Gasteiger partial charge < -0.3 is 15.3 Å². The van der Waals surface area contributed by atoms with Crippen LogP contribution in [-0.4, -0.2) is 41.1 Å². The van der Waals surface area contributed by atoms with Gasteiger partial charge in [-0.2, -0.15) is 0 Å². The molecule has 0 aromatic heterocycles. The molecule has 1 aliphatic carbocycles. The Labute approximate surface area is 115 Å². The van der Waals surface area contributed by atoms with E-state index < -0.39 is 5.97 Å². The Kier molecular flexibility index (Phi) is 6.12. The molecule has 5 heteroatoms. The highest BCUT2D eigenvalue weighted by atomic mass is 16.4. The lowest BCUT2D eigenvalue weighted by molar-refractivity contribution is -0.137. The van der Waals surface area contributed by atoms with E-state index in [0.29, 0.717) is 6.04 Å². The number of carboxylic acid groups (broad SMARTS) is 1. The minimum absolute atomic E-state index is 0.0395. The molecule has 0 aliphatic heterocycles. The molecule has 0 bridgehead atoms. The van der Waals surface area contributed by atoms with E-state index in [4.69, 9.17) is 5.11 Å². The van der Waals surface area contributed by atoms with Gasteiger partial charge >= 0.3 is 12.0 Å². The van der Waals surface area contributed by atoms with Gasteiger partial charge in [0.1, 0.15) is 0 Å². The van der Waals surface area contributed by atoms with Gasteiger partial charge in [0.15, 0.2) is 0 Å². The second-order valence-electron chi connectivity index (χ2n) is 5.64. The summed E-state index contributed by atoms with van der Waals surface area (Å²) in [4.78, 5) is 24.3. The predicted octanol–water partition coefficient (Wildman–Crippen LogP) is 2.46. The molecule has 1 fully saturated rings. The van der Waals surface area contributed by atoms with Crippen LogP contribution in [0.5, 0.6) is 0 Å². The molecule has 19 heavy (non-hydrogen) atoms. The van der Waals surface area contributed by atoms with Crippen LogP contribution in [0.15, 0.2) is 0 Å². The summed E-state index contributed by atoms with van der Waals surface area (Å²) >= 11 is 0. The number of aliphatic carboxylic acids is 1. The quantitative estimate of drug-likeness (QED) is 0.806. The molecule has 1 saturated carbocycles. The molecule has 0 saturated heterocycles. The number of carbonyl (C=O) groups excluding carboxylic acids is 1. The zero-order valence-corrected chi connectivity index (χ0v) is 12.2. The lowest BCUT2D eigenvalue weighted by Gasteiger charge is -2.34. The molecule has 1 rings (SSSR count). The highest BCUT2D eigenvalue weighted by Crippen LogP contribution is 2.28. The van der Waals surface area contributed by atoms with E-state index in [1.807, 2.05) is 0 Å². The van der Waals surface area contributed by atoms with Crippen LogP contribution < -0.4 is 5.32 Å². The van der Waals surface area contributed by atoms with E-state index in [2.05, 4.69) is 12.2 Å². The summed E-state index contributed by atoms with van der Waals surface area (Å²) in [5.41, 5.74) is 0. The highest BCUT2D eigenvalue weighted by molar-refractivity contribution is 5.75. The van der Waals surface area contributed by atoms with Crippen LogP contribution in [0.2, 0.25) is 0 Å². The first-order valence-corrected chi connectivity index (χ1v) is 7.19. The van der Waals surface area contributed by atoms with Crippen molar-refractivity contribution >= 4 is 12.0 Å². The van der Waals surface area contributed by atoms with Gasteiger partial charge in [-0.3, -0.25) is 4.79 Å². The largest absolute Gasteiger partial charge is 0.481 e. The van der Waals surface area contributed by atoms with Crippen molar-refractivity contribution in [1.29, 1.82) is 0 Å². The van der Waals surface area contributed by atoms with Crippen LogP contribution in [0.1, 0.15) is 52.4 Å². The molecule has 0 radical (unpaired) electrons. The average molecular weight is 270 g/mol. The van der Waals surface area contributed by atoms with Gasteiger partial charge in [-0.05, 0) is 38.5 Å². The van der Waals surface area contributed by atoms with Crippen molar-refractivity contribution in [2.75, 3.05) is 7.05 Å². The molecule has 1 unspecified atom stereocenters. The van der Waals surface area contributed by atoms with Crippen molar-refractivity contribution < 1.29 is 14.7 Å². The van der Waals surface area contributed by atoms with Gasteiger partial charge in [0.25, 0.3) is 0 Å². The van der Waals surface area contributed by atoms with Gasteiger partial charge in [0, 0.05) is 19.1 Å². The summed E-state index contributed by atoms with van der Waals surface area (Å²) in [6, 6.07) is -0.201. The first-order valence-electron chi connectivity index (χ1n) is 7.19. The van der Waals surface area contributed by atoms with E-state index in [-0.39, 0.29) is 18.5 Å². The summed E-state index contributed by atoms with van der Waals surface area (Å²) < 4.78 is 0. The van der Waals surface area contributed by atoms with Crippen LogP contribution in [-0.2, 0) is 4.79 Å². The molecule has 1 atom stereocenters. The molecule has 0 aromatic carbocycles. The van der Waals surface area contributed by atoms with Crippen molar-refractivity contribution in [1.82, 2.24) is 10.2 Å².